The minimum atomic E-state index is -0.00841. The van der Waals surface area contributed by atoms with Crippen molar-refractivity contribution in [2.75, 3.05) is 11.1 Å². The van der Waals surface area contributed by atoms with Crippen molar-refractivity contribution in [3.05, 3.63) is 42.5 Å². The highest BCUT2D eigenvalue weighted by atomic mass is 16.1. The Labute approximate surface area is 118 Å². The van der Waals surface area contributed by atoms with Gasteiger partial charge in [0.05, 0.1) is 0 Å². The van der Waals surface area contributed by atoms with E-state index in [1.165, 1.54) is 0 Å². The van der Waals surface area contributed by atoms with E-state index in [-0.39, 0.29) is 5.91 Å². The van der Waals surface area contributed by atoms with Crippen LogP contribution >= 0.6 is 0 Å². The molecule has 20 heavy (non-hydrogen) atoms. The Balaban J connectivity index is 1.85. The van der Waals surface area contributed by atoms with Crippen LogP contribution in [0.15, 0.2) is 36.7 Å². The number of imidazole rings is 1. The van der Waals surface area contributed by atoms with Crippen LogP contribution in [0.4, 0.5) is 11.4 Å². The van der Waals surface area contributed by atoms with E-state index in [0.717, 1.165) is 24.4 Å². The van der Waals surface area contributed by atoms with Gasteiger partial charge in [-0.2, -0.15) is 0 Å². The van der Waals surface area contributed by atoms with Gasteiger partial charge in [0.15, 0.2) is 0 Å². The summed E-state index contributed by atoms with van der Waals surface area (Å²) in [5.41, 5.74) is 7.06. The third kappa shape index (κ3) is 3.85. The fourth-order valence-electron chi connectivity index (χ4n) is 2.01. The zero-order chi connectivity index (χ0) is 14.4. The summed E-state index contributed by atoms with van der Waals surface area (Å²) >= 11 is 0. The Hall–Kier alpha value is -2.30. The third-order valence-electron chi connectivity index (χ3n) is 3.05. The Morgan fingerprint density at radius 2 is 2.10 bits per heavy atom. The quantitative estimate of drug-likeness (QED) is 0.793. The standard InChI is InChI=1S/C15H20N4O/c1-2-3-14-17-9-11-19(14)10-8-15(20)18-13-6-4-12(16)5-7-13/h4-7,9,11H,2-3,8,10,16H2,1H3,(H,18,20). The first-order valence-electron chi connectivity index (χ1n) is 6.84. The van der Waals surface area contributed by atoms with Crippen LogP contribution in [0.2, 0.25) is 0 Å². The lowest BCUT2D eigenvalue weighted by Gasteiger charge is -2.08. The lowest BCUT2D eigenvalue weighted by Crippen LogP contribution is -2.15. The van der Waals surface area contributed by atoms with E-state index in [9.17, 15) is 4.79 Å². The number of rotatable bonds is 6. The summed E-state index contributed by atoms with van der Waals surface area (Å²) in [5.74, 6) is 1.03. The molecule has 0 bridgehead atoms. The predicted octanol–water partition coefficient (Wildman–Crippen LogP) is 2.45. The van der Waals surface area contributed by atoms with Crippen LogP contribution in [-0.2, 0) is 17.8 Å². The topological polar surface area (TPSA) is 72.9 Å². The molecule has 0 atom stereocenters. The van der Waals surface area contributed by atoms with Gasteiger partial charge < -0.3 is 15.6 Å². The number of carbonyl (C=O) groups is 1. The number of nitrogen functional groups attached to an aromatic ring is 1. The summed E-state index contributed by atoms with van der Waals surface area (Å²) in [6.45, 7) is 2.77. The number of nitrogens with zero attached hydrogens (tertiary/aromatic N) is 2. The molecule has 0 fully saturated rings. The number of anilines is 2. The van der Waals surface area contributed by atoms with E-state index in [1.807, 2.05) is 10.8 Å². The van der Waals surface area contributed by atoms with Crippen LogP contribution in [0, 0.1) is 0 Å². The molecule has 2 rings (SSSR count). The molecule has 0 aliphatic rings. The maximum atomic E-state index is 11.9. The average molecular weight is 272 g/mol. The highest BCUT2D eigenvalue weighted by Crippen LogP contribution is 2.11. The van der Waals surface area contributed by atoms with E-state index < -0.39 is 0 Å². The maximum absolute atomic E-state index is 11.9. The van der Waals surface area contributed by atoms with Crippen LogP contribution in [0.1, 0.15) is 25.6 Å². The second-order valence-corrected chi connectivity index (χ2v) is 4.71. The molecule has 0 aliphatic heterocycles. The van der Waals surface area contributed by atoms with Crippen LogP contribution in [0.25, 0.3) is 0 Å². The van der Waals surface area contributed by atoms with Crippen LogP contribution in [-0.4, -0.2) is 15.5 Å². The average Bonchev–Trinajstić information content (AvgIpc) is 2.87. The van der Waals surface area contributed by atoms with Crippen molar-refractivity contribution in [3.63, 3.8) is 0 Å². The highest BCUT2D eigenvalue weighted by molar-refractivity contribution is 5.90. The molecular formula is C15H20N4O. The van der Waals surface area contributed by atoms with Crippen molar-refractivity contribution in [1.82, 2.24) is 9.55 Å². The molecule has 1 amide bonds. The zero-order valence-electron chi connectivity index (χ0n) is 11.7. The molecule has 0 saturated carbocycles. The number of nitrogens with two attached hydrogens (primary N) is 1. The fraction of sp³-hybridized carbons (Fsp3) is 0.333. The van der Waals surface area contributed by atoms with Crippen LogP contribution < -0.4 is 11.1 Å². The first-order chi connectivity index (χ1) is 9.69. The molecule has 0 unspecified atom stereocenters. The SMILES string of the molecule is CCCc1nccn1CCC(=O)Nc1ccc(N)cc1. The number of hydrogen-bond acceptors (Lipinski definition) is 3. The lowest BCUT2D eigenvalue weighted by molar-refractivity contribution is -0.116. The van der Waals surface area contributed by atoms with Crippen LogP contribution in [0.3, 0.4) is 0 Å². The lowest BCUT2D eigenvalue weighted by atomic mass is 10.2. The largest absolute Gasteiger partial charge is 0.399 e. The first-order valence-corrected chi connectivity index (χ1v) is 6.84. The van der Waals surface area contributed by atoms with E-state index >= 15 is 0 Å². The van der Waals surface area contributed by atoms with Gasteiger partial charge in [-0.25, -0.2) is 4.98 Å². The van der Waals surface area contributed by atoms with Gasteiger partial charge in [0.1, 0.15) is 5.82 Å². The smallest absolute Gasteiger partial charge is 0.226 e. The number of carbonyl (C=O) groups excluding carboxylic acids is 1. The molecule has 2 aromatic rings. The number of nitrogens with one attached hydrogen (secondary N) is 1. The van der Waals surface area contributed by atoms with Crippen molar-refractivity contribution in [2.45, 2.75) is 32.7 Å². The fourth-order valence-corrected chi connectivity index (χ4v) is 2.01. The normalized spacial score (nSPS) is 10.4. The summed E-state index contributed by atoms with van der Waals surface area (Å²) in [7, 11) is 0. The van der Waals surface area contributed by atoms with Crippen molar-refractivity contribution in [2.24, 2.45) is 0 Å². The maximum Gasteiger partial charge on any atom is 0.226 e. The molecule has 106 valence electrons. The molecule has 0 spiro atoms. The van der Waals surface area contributed by atoms with Gasteiger partial charge in [-0.1, -0.05) is 6.92 Å². The second-order valence-electron chi connectivity index (χ2n) is 4.71. The van der Waals surface area contributed by atoms with Crippen molar-refractivity contribution >= 4 is 17.3 Å². The van der Waals surface area contributed by atoms with Crippen LogP contribution in [0.5, 0.6) is 0 Å². The van der Waals surface area contributed by atoms with Crippen molar-refractivity contribution < 1.29 is 4.79 Å². The Morgan fingerprint density at radius 1 is 1.35 bits per heavy atom. The summed E-state index contributed by atoms with van der Waals surface area (Å²) in [5, 5.41) is 2.85. The number of benzene rings is 1. The molecule has 0 saturated heterocycles. The number of aryl methyl sites for hydroxylation is 2. The van der Waals surface area contributed by atoms with Gasteiger partial charge in [0.25, 0.3) is 0 Å². The summed E-state index contributed by atoms with van der Waals surface area (Å²) < 4.78 is 2.03. The molecule has 0 aliphatic carbocycles. The van der Waals surface area contributed by atoms with E-state index in [2.05, 4.69) is 17.2 Å². The van der Waals surface area contributed by atoms with Gasteiger partial charge in [0, 0.05) is 43.2 Å². The Bertz CT molecular complexity index is 560. The summed E-state index contributed by atoms with van der Waals surface area (Å²) in [6, 6.07) is 7.13. The third-order valence-corrected chi connectivity index (χ3v) is 3.05. The minimum Gasteiger partial charge on any atom is -0.399 e. The molecule has 3 N–H and O–H groups in total. The van der Waals surface area contributed by atoms with Gasteiger partial charge in [-0.15, -0.1) is 0 Å². The number of aromatic nitrogens is 2. The molecule has 1 aromatic carbocycles. The van der Waals surface area contributed by atoms with E-state index in [4.69, 9.17) is 5.73 Å². The van der Waals surface area contributed by atoms with Gasteiger partial charge in [-0.3, -0.25) is 4.79 Å². The summed E-state index contributed by atoms with van der Waals surface area (Å²) in [6.07, 6.45) is 6.11. The zero-order valence-corrected chi connectivity index (χ0v) is 11.7. The Morgan fingerprint density at radius 3 is 2.80 bits per heavy atom. The molecule has 1 heterocycles. The monoisotopic (exact) mass is 272 g/mol. The predicted molar refractivity (Wildman–Crippen MR) is 80.3 cm³/mol. The van der Waals surface area contributed by atoms with E-state index in [1.54, 1.807) is 30.5 Å². The minimum absolute atomic E-state index is 0.00841. The van der Waals surface area contributed by atoms with Crippen molar-refractivity contribution in [3.8, 4) is 0 Å². The molecule has 0 radical (unpaired) electrons. The highest BCUT2D eigenvalue weighted by Gasteiger charge is 2.06. The number of hydrogen-bond donors (Lipinski definition) is 2. The molecule has 1 aromatic heterocycles. The molecular weight excluding hydrogens is 252 g/mol. The van der Waals surface area contributed by atoms with E-state index in [0.29, 0.717) is 18.7 Å². The molecule has 5 nitrogen and oxygen atoms in total. The first kappa shape index (κ1) is 14.1. The summed E-state index contributed by atoms with van der Waals surface area (Å²) in [4.78, 5) is 16.2. The Kier molecular flexibility index (Phi) is 4.76. The van der Waals surface area contributed by atoms with Gasteiger partial charge in [0.2, 0.25) is 5.91 Å². The number of amides is 1. The molecule has 5 heteroatoms. The van der Waals surface area contributed by atoms with Gasteiger partial charge in [-0.05, 0) is 30.7 Å². The van der Waals surface area contributed by atoms with Crippen molar-refractivity contribution in [1.29, 1.82) is 0 Å². The van der Waals surface area contributed by atoms with Gasteiger partial charge >= 0.3 is 0 Å². The second kappa shape index (κ2) is 6.75.